The van der Waals surface area contributed by atoms with Crippen molar-refractivity contribution in [3.05, 3.63) is 59.5 Å². The number of aryl methyl sites for hydroxylation is 1. The van der Waals surface area contributed by atoms with Crippen molar-refractivity contribution in [1.29, 1.82) is 0 Å². The summed E-state index contributed by atoms with van der Waals surface area (Å²) in [5.41, 5.74) is 0.245. The molecule has 9 heteroatoms. The Bertz CT molecular complexity index is 1410. The molecule has 0 atom stereocenters. The Hall–Kier alpha value is -4.14. The maximum absolute atomic E-state index is 12.9. The molecule has 1 aliphatic rings. The van der Waals surface area contributed by atoms with Gasteiger partial charge in [-0.3, -0.25) is 9.59 Å². The minimum absolute atomic E-state index is 0.0412. The summed E-state index contributed by atoms with van der Waals surface area (Å²) < 4.78 is 17.2. The molecular weight excluding hydrogens is 474 g/mol. The van der Waals surface area contributed by atoms with Gasteiger partial charge in [0.15, 0.2) is 17.2 Å². The number of para-hydroxylation sites is 1. The molecule has 4 rings (SSSR count). The van der Waals surface area contributed by atoms with E-state index in [0.29, 0.717) is 12.1 Å². The zero-order valence-corrected chi connectivity index (χ0v) is 22.1. The lowest BCUT2D eigenvalue weighted by molar-refractivity contribution is -0.132. The van der Waals surface area contributed by atoms with Gasteiger partial charge in [-0.05, 0) is 65.3 Å². The minimum Gasteiger partial charge on any atom is -0.474 e. The number of nitrogens with zero attached hydrogens (tertiary/aromatic N) is 3. The zero-order chi connectivity index (χ0) is 27.1. The number of carbonyl (C=O) groups excluding carboxylic acids is 3. The number of rotatable bonds is 4. The predicted molar refractivity (Wildman–Crippen MR) is 139 cm³/mol. The molecule has 0 bridgehead atoms. The van der Waals surface area contributed by atoms with Gasteiger partial charge in [-0.1, -0.05) is 18.2 Å². The number of aromatic nitrogens is 1. The van der Waals surface area contributed by atoms with Gasteiger partial charge < -0.3 is 18.8 Å². The van der Waals surface area contributed by atoms with E-state index in [2.05, 4.69) is 4.98 Å². The smallest absolute Gasteiger partial charge is 0.423 e. The average Bonchev–Trinajstić information content (AvgIpc) is 3.12. The molecule has 1 aromatic carbocycles. The lowest BCUT2D eigenvalue weighted by Crippen LogP contribution is -2.55. The van der Waals surface area contributed by atoms with Gasteiger partial charge in [0.1, 0.15) is 16.9 Å². The van der Waals surface area contributed by atoms with Crippen molar-refractivity contribution >= 4 is 40.8 Å². The van der Waals surface area contributed by atoms with Gasteiger partial charge in [-0.2, -0.15) is 4.90 Å². The summed E-state index contributed by atoms with van der Waals surface area (Å²) in [6.45, 7) is 10.6. The van der Waals surface area contributed by atoms with Gasteiger partial charge in [0.25, 0.3) is 5.91 Å². The van der Waals surface area contributed by atoms with E-state index >= 15 is 0 Å². The fourth-order valence-corrected chi connectivity index (χ4v) is 3.91. The van der Waals surface area contributed by atoms with E-state index in [1.54, 1.807) is 58.7 Å². The second-order valence-corrected chi connectivity index (χ2v) is 10.5. The van der Waals surface area contributed by atoms with Crippen LogP contribution in [0.2, 0.25) is 0 Å². The van der Waals surface area contributed by atoms with Crippen molar-refractivity contribution in [2.24, 2.45) is 0 Å². The highest BCUT2D eigenvalue weighted by molar-refractivity contribution is 6.16. The normalized spacial score (nSPS) is 15.0. The Labute approximate surface area is 215 Å². The van der Waals surface area contributed by atoms with Crippen LogP contribution in [-0.2, 0) is 20.9 Å². The first-order chi connectivity index (χ1) is 17.3. The Morgan fingerprint density at radius 2 is 1.92 bits per heavy atom. The summed E-state index contributed by atoms with van der Waals surface area (Å²) in [7, 11) is 1.69. The van der Waals surface area contributed by atoms with Crippen LogP contribution >= 0.6 is 0 Å². The van der Waals surface area contributed by atoms with Crippen molar-refractivity contribution < 1.29 is 28.3 Å². The Balaban J connectivity index is 1.53. The minimum atomic E-state index is -1.31. The quantitative estimate of drug-likeness (QED) is 0.447. The largest absolute Gasteiger partial charge is 0.474 e. The number of benzene rings is 1. The molecule has 0 spiro atoms. The summed E-state index contributed by atoms with van der Waals surface area (Å²) in [4.78, 5) is 45.2. The predicted octanol–water partition coefficient (Wildman–Crippen LogP) is 5.25. The van der Waals surface area contributed by atoms with E-state index in [1.807, 2.05) is 31.2 Å². The molecule has 1 aliphatic heterocycles. The number of furan rings is 1. The number of hydrogen-bond acceptors (Lipinski definition) is 7. The highest BCUT2D eigenvalue weighted by Gasteiger charge is 2.46. The van der Waals surface area contributed by atoms with E-state index < -0.39 is 23.2 Å². The summed E-state index contributed by atoms with van der Waals surface area (Å²) in [5, 5.41) is 1.02. The third-order valence-corrected chi connectivity index (χ3v) is 5.84. The second kappa shape index (κ2) is 9.38. The number of fused-ring (bicyclic) bond motifs is 2. The molecule has 2 aromatic heterocycles. The fourth-order valence-electron chi connectivity index (χ4n) is 3.91. The SMILES string of the molecule is Cc1c(CN(C)C(=O)/C=C/c2cnc3c(c2)OC(C)(C)C(=O)N3C(=O)OC(C)(C)C)oc2ccccc12. The van der Waals surface area contributed by atoms with Crippen LogP contribution in [0.4, 0.5) is 10.6 Å². The van der Waals surface area contributed by atoms with Gasteiger partial charge in [0.05, 0.1) is 6.54 Å². The molecule has 0 saturated heterocycles. The standard InChI is InChI=1S/C28H31N3O6/c1-17-19-10-8-9-11-20(19)35-22(17)16-30(7)23(32)13-12-18-14-21-24(29-15-18)31(25(33)28(5,6)36-21)26(34)37-27(2,3)4/h8-15H,16H2,1-7H3/b13-12+. The molecule has 3 heterocycles. The van der Waals surface area contributed by atoms with Crippen molar-refractivity contribution in [2.45, 2.75) is 59.3 Å². The number of ether oxygens (including phenoxy) is 2. The van der Waals surface area contributed by atoms with Crippen LogP contribution in [0.25, 0.3) is 17.0 Å². The van der Waals surface area contributed by atoms with E-state index in [-0.39, 0.29) is 17.5 Å². The molecule has 194 valence electrons. The molecule has 0 saturated carbocycles. The highest BCUT2D eigenvalue weighted by atomic mass is 16.6. The summed E-state index contributed by atoms with van der Waals surface area (Å²) in [6.07, 6.45) is 3.65. The molecule has 3 aromatic rings. The topological polar surface area (TPSA) is 102 Å². The van der Waals surface area contributed by atoms with Gasteiger partial charge in [-0.15, -0.1) is 0 Å². The number of hydrogen-bond donors (Lipinski definition) is 0. The first-order valence-corrected chi connectivity index (χ1v) is 11.9. The number of anilines is 1. The first kappa shape index (κ1) is 25.9. The molecule has 0 unspecified atom stereocenters. The monoisotopic (exact) mass is 505 g/mol. The van der Waals surface area contributed by atoms with Gasteiger partial charge in [0.2, 0.25) is 5.91 Å². The lowest BCUT2D eigenvalue weighted by atomic mass is 10.1. The van der Waals surface area contributed by atoms with E-state index in [9.17, 15) is 14.4 Å². The van der Waals surface area contributed by atoms with E-state index in [1.165, 1.54) is 12.3 Å². The fraction of sp³-hybridized carbons (Fsp3) is 0.357. The zero-order valence-electron chi connectivity index (χ0n) is 22.1. The van der Waals surface area contributed by atoms with Crippen LogP contribution in [-0.4, -0.2) is 46.0 Å². The number of amides is 3. The number of pyridine rings is 1. The second-order valence-electron chi connectivity index (χ2n) is 10.5. The molecular formula is C28H31N3O6. The Morgan fingerprint density at radius 1 is 1.22 bits per heavy atom. The maximum atomic E-state index is 12.9. The van der Waals surface area contributed by atoms with Gasteiger partial charge >= 0.3 is 6.09 Å². The number of imide groups is 1. The highest BCUT2D eigenvalue weighted by Crippen LogP contribution is 2.37. The third kappa shape index (κ3) is 5.35. The van der Waals surface area contributed by atoms with Crippen molar-refractivity contribution in [1.82, 2.24) is 9.88 Å². The van der Waals surface area contributed by atoms with Crippen molar-refractivity contribution in [3.63, 3.8) is 0 Å². The van der Waals surface area contributed by atoms with E-state index in [0.717, 1.165) is 27.2 Å². The van der Waals surface area contributed by atoms with Crippen LogP contribution in [0.1, 0.15) is 51.5 Å². The molecule has 0 aliphatic carbocycles. The number of likely N-dealkylation sites (N-methyl/N-ethyl adjacent to an activating group) is 1. The Kier molecular flexibility index (Phi) is 6.58. The van der Waals surface area contributed by atoms with Crippen LogP contribution < -0.4 is 9.64 Å². The van der Waals surface area contributed by atoms with Crippen LogP contribution in [0.3, 0.4) is 0 Å². The summed E-state index contributed by atoms with van der Waals surface area (Å²) in [6, 6.07) is 9.38. The third-order valence-electron chi connectivity index (χ3n) is 5.84. The summed E-state index contributed by atoms with van der Waals surface area (Å²) in [5.74, 6) is 0.186. The average molecular weight is 506 g/mol. The lowest BCUT2D eigenvalue weighted by Gasteiger charge is -2.37. The van der Waals surface area contributed by atoms with E-state index in [4.69, 9.17) is 13.9 Å². The number of carbonyl (C=O) groups is 3. The molecule has 3 amide bonds. The molecule has 0 N–H and O–H groups in total. The van der Waals surface area contributed by atoms with Crippen molar-refractivity contribution in [2.75, 3.05) is 11.9 Å². The maximum Gasteiger partial charge on any atom is 0.423 e. The molecule has 9 nitrogen and oxygen atoms in total. The van der Waals surface area contributed by atoms with Crippen LogP contribution in [0.15, 0.2) is 47.0 Å². The first-order valence-electron chi connectivity index (χ1n) is 11.9. The Morgan fingerprint density at radius 3 is 2.59 bits per heavy atom. The van der Waals surface area contributed by atoms with Gasteiger partial charge in [-0.25, -0.2) is 9.78 Å². The molecule has 0 fully saturated rings. The molecule has 0 radical (unpaired) electrons. The van der Waals surface area contributed by atoms with Crippen LogP contribution in [0, 0.1) is 6.92 Å². The van der Waals surface area contributed by atoms with Crippen LogP contribution in [0.5, 0.6) is 5.75 Å². The molecule has 37 heavy (non-hydrogen) atoms. The van der Waals surface area contributed by atoms with Crippen molar-refractivity contribution in [3.8, 4) is 5.75 Å². The van der Waals surface area contributed by atoms with Gasteiger partial charge in [0, 0.05) is 30.3 Å². The summed E-state index contributed by atoms with van der Waals surface area (Å²) >= 11 is 0.